The zero-order valence-corrected chi connectivity index (χ0v) is 15.2. The predicted octanol–water partition coefficient (Wildman–Crippen LogP) is 4.57. The molecule has 5 rings (SSSR count). The van der Waals surface area contributed by atoms with Crippen molar-refractivity contribution < 1.29 is 18.5 Å². The van der Waals surface area contributed by atoms with Crippen LogP contribution in [0, 0.1) is 0 Å². The summed E-state index contributed by atoms with van der Waals surface area (Å²) >= 11 is 0. The van der Waals surface area contributed by atoms with E-state index in [0.29, 0.717) is 23.9 Å². The number of para-hydroxylation sites is 1. The summed E-state index contributed by atoms with van der Waals surface area (Å²) in [6.45, 7) is 0. The van der Waals surface area contributed by atoms with E-state index in [1.165, 1.54) is 0 Å². The fourth-order valence-electron chi connectivity index (χ4n) is 3.13. The van der Waals surface area contributed by atoms with Gasteiger partial charge in [-0.05, 0) is 36.4 Å². The van der Waals surface area contributed by atoms with Crippen molar-refractivity contribution in [3.63, 3.8) is 0 Å². The fraction of sp³-hybridized carbons (Fsp3) is 0.0909. The largest absolute Gasteiger partial charge is 0.456 e. The number of aromatic nitrogens is 3. The summed E-state index contributed by atoms with van der Waals surface area (Å²) in [4.78, 5) is 20.6. The van der Waals surface area contributed by atoms with Gasteiger partial charge in [0.05, 0.1) is 6.42 Å². The molecule has 0 saturated heterocycles. The average molecular weight is 385 g/mol. The molecule has 0 saturated carbocycles. The highest BCUT2D eigenvalue weighted by Gasteiger charge is 2.13. The van der Waals surface area contributed by atoms with Gasteiger partial charge >= 0.3 is 5.97 Å². The maximum Gasteiger partial charge on any atom is 0.311 e. The zero-order chi connectivity index (χ0) is 19.6. The maximum absolute atomic E-state index is 12.3. The van der Waals surface area contributed by atoms with Crippen LogP contribution in [-0.2, 0) is 11.2 Å². The topological polar surface area (TPSA) is 91.2 Å². The summed E-state index contributed by atoms with van der Waals surface area (Å²) in [7, 11) is 0. The quantitative estimate of drug-likeness (QED) is 0.323. The van der Waals surface area contributed by atoms with Crippen molar-refractivity contribution in [2.24, 2.45) is 0 Å². The Morgan fingerprint density at radius 1 is 1.00 bits per heavy atom. The minimum Gasteiger partial charge on any atom is -0.456 e. The van der Waals surface area contributed by atoms with Gasteiger partial charge in [-0.2, -0.15) is 4.98 Å². The van der Waals surface area contributed by atoms with Crippen molar-refractivity contribution in [3.8, 4) is 17.1 Å². The number of carbonyl (C=O) groups is 1. The normalized spacial score (nSPS) is 11.2. The first-order valence-corrected chi connectivity index (χ1v) is 9.11. The first-order chi connectivity index (χ1) is 14.3. The van der Waals surface area contributed by atoms with Crippen LogP contribution in [0.5, 0.6) is 5.75 Å². The molecular weight excluding hydrogens is 370 g/mol. The van der Waals surface area contributed by atoms with Gasteiger partial charge in [0.25, 0.3) is 0 Å². The van der Waals surface area contributed by atoms with Crippen LogP contribution in [0.15, 0.2) is 75.9 Å². The molecule has 0 aliphatic carbocycles. The summed E-state index contributed by atoms with van der Waals surface area (Å²) in [5, 5.41) is 5.80. The number of ether oxygens (including phenoxy) is 1. The Labute approximate surface area is 164 Å². The van der Waals surface area contributed by atoms with Gasteiger partial charge in [-0.3, -0.25) is 9.78 Å². The van der Waals surface area contributed by atoms with Gasteiger partial charge in [-0.25, -0.2) is 0 Å². The molecule has 3 heterocycles. The van der Waals surface area contributed by atoms with Crippen LogP contribution in [-0.4, -0.2) is 21.1 Å². The second-order valence-corrected chi connectivity index (χ2v) is 6.48. The molecule has 0 radical (unpaired) electrons. The van der Waals surface area contributed by atoms with Crippen molar-refractivity contribution in [2.75, 3.05) is 0 Å². The van der Waals surface area contributed by atoms with Crippen molar-refractivity contribution in [2.45, 2.75) is 12.8 Å². The number of fused-ring (bicyclic) bond motifs is 3. The number of aryl methyl sites for hydroxylation is 1. The van der Waals surface area contributed by atoms with E-state index in [1.54, 1.807) is 30.6 Å². The summed E-state index contributed by atoms with van der Waals surface area (Å²) in [6.07, 6.45) is 3.74. The molecule has 2 aromatic carbocycles. The highest BCUT2D eigenvalue weighted by Crippen LogP contribution is 2.31. The summed E-state index contributed by atoms with van der Waals surface area (Å²) in [5.41, 5.74) is 2.30. The molecule has 142 valence electrons. The van der Waals surface area contributed by atoms with Crippen LogP contribution in [0.4, 0.5) is 0 Å². The minimum atomic E-state index is -0.377. The van der Waals surface area contributed by atoms with E-state index >= 15 is 0 Å². The van der Waals surface area contributed by atoms with E-state index in [2.05, 4.69) is 15.1 Å². The third kappa shape index (κ3) is 3.45. The molecule has 29 heavy (non-hydrogen) atoms. The molecule has 7 heteroatoms. The number of benzene rings is 2. The number of pyridine rings is 1. The summed E-state index contributed by atoms with van der Waals surface area (Å²) in [6, 6.07) is 16.7. The lowest BCUT2D eigenvalue weighted by Crippen LogP contribution is -2.09. The fourth-order valence-corrected chi connectivity index (χ4v) is 3.13. The molecule has 0 amide bonds. The lowest BCUT2D eigenvalue weighted by molar-refractivity contribution is -0.134. The zero-order valence-electron chi connectivity index (χ0n) is 15.2. The molecule has 0 spiro atoms. The number of nitrogens with zero attached hydrogens (tertiary/aromatic N) is 3. The van der Waals surface area contributed by atoms with Crippen LogP contribution in [0.25, 0.3) is 33.3 Å². The third-order valence-corrected chi connectivity index (χ3v) is 4.51. The molecule has 5 aromatic rings. The number of rotatable bonds is 5. The minimum absolute atomic E-state index is 0.124. The lowest BCUT2D eigenvalue weighted by atomic mass is 10.1. The molecule has 3 aromatic heterocycles. The summed E-state index contributed by atoms with van der Waals surface area (Å²) in [5.74, 6) is 0.907. The van der Waals surface area contributed by atoms with E-state index in [-0.39, 0.29) is 12.4 Å². The SMILES string of the molecule is O=C(CCc1nc(-c2cccnc2)no1)Oc1ccc2oc3ccccc3c2c1. The van der Waals surface area contributed by atoms with Gasteiger partial charge in [0.15, 0.2) is 0 Å². The number of furan rings is 1. The van der Waals surface area contributed by atoms with Gasteiger partial charge in [0.2, 0.25) is 11.7 Å². The molecule has 0 fully saturated rings. The van der Waals surface area contributed by atoms with Gasteiger partial charge in [-0.15, -0.1) is 0 Å². The van der Waals surface area contributed by atoms with E-state index < -0.39 is 0 Å². The van der Waals surface area contributed by atoms with E-state index in [0.717, 1.165) is 27.5 Å². The smallest absolute Gasteiger partial charge is 0.311 e. The Morgan fingerprint density at radius 3 is 2.79 bits per heavy atom. The highest BCUT2D eigenvalue weighted by molar-refractivity contribution is 6.05. The number of esters is 1. The van der Waals surface area contributed by atoms with E-state index in [4.69, 9.17) is 13.7 Å². The molecule has 0 unspecified atom stereocenters. The predicted molar refractivity (Wildman–Crippen MR) is 105 cm³/mol. The molecule has 7 nitrogen and oxygen atoms in total. The highest BCUT2D eigenvalue weighted by atomic mass is 16.5. The average Bonchev–Trinajstić information content (AvgIpc) is 3.37. The molecule has 0 aliphatic heterocycles. The molecule has 0 aliphatic rings. The van der Waals surface area contributed by atoms with E-state index in [1.807, 2.05) is 36.4 Å². The van der Waals surface area contributed by atoms with Crippen LogP contribution in [0.1, 0.15) is 12.3 Å². The molecule has 0 bridgehead atoms. The van der Waals surface area contributed by atoms with Crippen LogP contribution < -0.4 is 4.74 Å². The Balaban J connectivity index is 1.26. The Morgan fingerprint density at radius 2 is 1.90 bits per heavy atom. The van der Waals surface area contributed by atoms with Crippen molar-refractivity contribution in [1.82, 2.24) is 15.1 Å². The number of carbonyl (C=O) groups excluding carboxylic acids is 1. The van der Waals surface area contributed by atoms with Gasteiger partial charge in [-0.1, -0.05) is 23.4 Å². The van der Waals surface area contributed by atoms with Gasteiger partial charge in [0, 0.05) is 35.2 Å². The van der Waals surface area contributed by atoms with Gasteiger partial charge in [0.1, 0.15) is 16.9 Å². The third-order valence-electron chi connectivity index (χ3n) is 4.51. The van der Waals surface area contributed by atoms with Crippen molar-refractivity contribution in [3.05, 3.63) is 72.9 Å². The maximum atomic E-state index is 12.3. The standard InChI is InChI=1S/C22H15N3O4/c26-21(10-9-20-24-22(25-29-20)14-4-3-11-23-13-14)27-15-7-8-19-17(12-15)16-5-1-2-6-18(16)28-19/h1-8,11-13H,9-10H2. The van der Waals surface area contributed by atoms with Gasteiger partial charge < -0.3 is 13.7 Å². The Hall–Kier alpha value is -4.00. The van der Waals surface area contributed by atoms with Crippen molar-refractivity contribution >= 4 is 27.9 Å². The number of hydrogen-bond acceptors (Lipinski definition) is 7. The molecule has 0 atom stereocenters. The van der Waals surface area contributed by atoms with Crippen LogP contribution in [0.3, 0.4) is 0 Å². The molecular formula is C22H15N3O4. The Bertz CT molecular complexity index is 1310. The monoisotopic (exact) mass is 385 g/mol. The van der Waals surface area contributed by atoms with Crippen LogP contribution >= 0.6 is 0 Å². The summed E-state index contributed by atoms with van der Waals surface area (Å²) < 4.78 is 16.5. The van der Waals surface area contributed by atoms with E-state index in [9.17, 15) is 4.79 Å². The lowest BCUT2D eigenvalue weighted by Gasteiger charge is -2.03. The molecule has 0 N–H and O–H groups in total. The second kappa shape index (κ2) is 7.20. The Kier molecular flexibility index (Phi) is 4.25. The van der Waals surface area contributed by atoms with Crippen LogP contribution in [0.2, 0.25) is 0 Å². The first-order valence-electron chi connectivity index (χ1n) is 9.11. The number of hydrogen-bond donors (Lipinski definition) is 0. The second-order valence-electron chi connectivity index (χ2n) is 6.48. The van der Waals surface area contributed by atoms with Crippen molar-refractivity contribution in [1.29, 1.82) is 0 Å². The first kappa shape index (κ1) is 17.1.